The summed E-state index contributed by atoms with van der Waals surface area (Å²) < 4.78 is 2.33. The van der Waals surface area contributed by atoms with E-state index in [4.69, 9.17) is 0 Å². The minimum absolute atomic E-state index is 0.296. The normalized spacial score (nSPS) is 37.9. The molecule has 4 heteroatoms. The third kappa shape index (κ3) is 1.84. The van der Waals surface area contributed by atoms with Crippen LogP contribution in [0.2, 0.25) is 0 Å². The average Bonchev–Trinajstić information content (AvgIpc) is 3.11. The van der Waals surface area contributed by atoms with Crippen LogP contribution in [0, 0.1) is 16.7 Å². The van der Waals surface area contributed by atoms with E-state index in [0.717, 1.165) is 24.7 Å². The minimum atomic E-state index is 0.296. The van der Waals surface area contributed by atoms with Crippen molar-refractivity contribution in [2.45, 2.75) is 78.4 Å². The number of nitrogens with zero attached hydrogens (tertiary/aromatic N) is 3. The van der Waals surface area contributed by atoms with Gasteiger partial charge in [0.05, 0.1) is 6.04 Å². The SMILES string of the molecule is CC(NC1C(C)(C)[C@H]2CC[C@]1(C)C2)c1nnc2n1CCC2. The summed E-state index contributed by atoms with van der Waals surface area (Å²) in [6, 6.07) is 0.887. The highest BCUT2D eigenvalue weighted by atomic mass is 15.3. The van der Waals surface area contributed by atoms with Crippen LogP contribution in [-0.4, -0.2) is 20.8 Å². The Labute approximate surface area is 127 Å². The summed E-state index contributed by atoms with van der Waals surface area (Å²) in [5.41, 5.74) is 0.866. The van der Waals surface area contributed by atoms with Crippen LogP contribution in [0.1, 0.15) is 71.1 Å². The van der Waals surface area contributed by atoms with Crippen LogP contribution >= 0.6 is 0 Å². The Balaban J connectivity index is 1.58. The van der Waals surface area contributed by atoms with Crippen molar-refractivity contribution in [3.8, 4) is 0 Å². The monoisotopic (exact) mass is 288 g/mol. The second kappa shape index (κ2) is 4.31. The van der Waals surface area contributed by atoms with Crippen LogP contribution in [0.25, 0.3) is 0 Å². The van der Waals surface area contributed by atoms with Crippen molar-refractivity contribution in [2.75, 3.05) is 0 Å². The van der Waals surface area contributed by atoms with Crippen molar-refractivity contribution < 1.29 is 0 Å². The smallest absolute Gasteiger partial charge is 0.149 e. The van der Waals surface area contributed by atoms with Gasteiger partial charge in [-0.3, -0.25) is 0 Å². The van der Waals surface area contributed by atoms with Crippen LogP contribution in [-0.2, 0) is 13.0 Å². The highest BCUT2D eigenvalue weighted by Gasteiger charge is 2.59. The first-order chi connectivity index (χ1) is 9.92. The van der Waals surface area contributed by atoms with E-state index in [9.17, 15) is 0 Å². The third-order valence-corrected chi connectivity index (χ3v) is 6.71. The van der Waals surface area contributed by atoms with Gasteiger partial charge in [0.2, 0.25) is 0 Å². The van der Waals surface area contributed by atoms with Gasteiger partial charge in [0.1, 0.15) is 11.6 Å². The molecule has 3 aliphatic rings. The molecule has 2 unspecified atom stereocenters. The maximum atomic E-state index is 4.46. The number of aryl methyl sites for hydroxylation is 1. The van der Waals surface area contributed by atoms with Crippen LogP contribution < -0.4 is 5.32 Å². The molecule has 4 nitrogen and oxygen atoms in total. The summed E-state index contributed by atoms with van der Waals surface area (Å²) in [7, 11) is 0. The Morgan fingerprint density at radius 1 is 1.29 bits per heavy atom. The van der Waals surface area contributed by atoms with E-state index in [0.29, 0.717) is 22.9 Å². The highest BCUT2D eigenvalue weighted by Crippen LogP contribution is 2.62. The Hall–Kier alpha value is -0.900. The number of fused-ring (bicyclic) bond motifs is 3. The van der Waals surface area contributed by atoms with E-state index in [2.05, 4.69) is 47.8 Å². The summed E-state index contributed by atoms with van der Waals surface area (Å²) in [6.45, 7) is 10.8. The standard InChI is InChI=1S/C17H28N4/c1-11(14-20-19-13-6-5-9-21(13)14)18-15-16(2,3)12-7-8-17(15,4)10-12/h11-12,15,18H,5-10H2,1-4H3/t11?,12-,15?,17+/m0/s1. The maximum absolute atomic E-state index is 4.46. The number of hydrogen-bond acceptors (Lipinski definition) is 3. The van der Waals surface area contributed by atoms with Gasteiger partial charge in [-0.05, 0) is 49.4 Å². The van der Waals surface area contributed by atoms with Gasteiger partial charge < -0.3 is 9.88 Å². The van der Waals surface area contributed by atoms with Crippen LogP contribution in [0.4, 0.5) is 0 Å². The maximum Gasteiger partial charge on any atom is 0.149 e. The van der Waals surface area contributed by atoms with Crippen molar-refractivity contribution in [3.05, 3.63) is 11.6 Å². The summed E-state index contributed by atoms with van der Waals surface area (Å²) >= 11 is 0. The fourth-order valence-corrected chi connectivity index (χ4v) is 5.54. The van der Waals surface area contributed by atoms with E-state index < -0.39 is 0 Å². The van der Waals surface area contributed by atoms with Gasteiger partial charge in [-0.2, -0.15) is 0 Å². The number of aromatic nitrogens is 3. The second-order valence-corrected chi connectivity index (χ2v) is 8.47. The molecule has 21 heavy (non-hydrogen) atoms. The van der Waals surface area contributed by atoms with E-state index in [1.165, 1.54) is 31.5 Å². The van der Waals surface area contributed by atoms with E-state index in [1.807, 2.05) is 0 Å². The average molecular weight is 288 g/mol. The molecule has 2 saturated carbocycles. The predicted molar refractivity (Wildman–Crippen MR) is 82.9 cm³/mol. The van der Waals surface area contributed by atoms with Gasteiger partial charge >= 0.3 is 0 Å². The lowest BCUT2D eigenvalue weighted by Gasteiger charge is -2.44. The largest absolute Gasteiger partial charge is 0.314 e. The molecule has 0 amide bonds. The molecule has 0 spiro atoms. The predicted octanol–water partition coefficient (Wildman–Crippen LogP) is 3.09. The Morgan fingerprint density at radius 3 is 2.81 bits per heavy atom. The van der Waals surface area contributed by atoms with Gasteiger partial charge in [-0.25, -0.2) is 0 Å². The first kappa shape index (κ1) is 13.7. The molecular weight excluding hydrogens is 260 g/mol. The summed E-state index contributed by atoms with van der Waals surface area (Å²) in [4.78, 5) is 0. The van der Waals surface area contributed by atoms with Gasteiger partial charge in [-0.1, -0.05) is 20.8 Å². The lowest BCUT2D eigenvalue weighted by Crippen LogP contribution is -2.51. The van der Waals surface area contributed by atoms with E-state index in [1.54, 1.807) is 0 Å². The van der Waals surface area contributed by atoms with Gasteiger partial charge in [0.25, 0.3) is 0 Å². The molecule has 1 N–H and O–H groups in total. The van der Waals surface area contributed by atoms with Crippen molar-refractivity contribution in [3.63, 3.8) is 0 Å². The van der Waals surface area contributed by atoms with Crippen molar-refractivity contribution >= 4 is 0 Å². The topological polar surface area (TPSA) is 42.7 Å². The molecule has 116 valence electrons. The fourth-order valence-electron chi connectivity index (χ4n) is 5.54. The zero-order valence-corrected chi connectivity index (χ0v) is 13.8. The number of nitrogens with one attached hydrogen (secondary N) is 1. The summed E-state index contributed by atoms with van der Waals surface area (Å²) in [5.74, 6) is 3.21. The molecule has 4 rings (SSSR count). The number of hydrogen-bond donors (Lipinski definition) is 1. The molecule has 1 aromatic rings. The molecule has 2 fully saturated rings. The highest BCUT2D eigenvalue weighted by molar-refractivity contribution is 5.14. The quantitative estimate of drug-likeness (QED) is 0.929. The van der Waals surface area contributed by atoms with Gasteiger partial charge in [0, 0.05) is 19.0 Å². The third-order valence-electron chi connectivity index (χ3n) is 6.71. The molecule has 4 atom stereocenters. The molecule has 0 saturated heterocycles. The minimum Gasteiger partial charge on any atom is -0.314 e. The molecular formula is C17H28N4. The molecule has 2 aliphatic carbocycles. The van der Waals surface area contributed by atoms with Gasteiger partial charge in [-0.15, -0.1) is 10.2 Å². The second-order valence-electron chi connectivity index (χ2n) is 8.47. The van der Waals surface area contributed by atoms with Crippen molar-refractivity contribution in [1.82, 2.24) is 20.1 Å². The zero-order valence-electron chi connectivity index (χ0n) is 13.8. The van der Waals surface area contributed by atoms with Crippen LogP contribution in [0.15, 0.2) is 0 Å². The number of rotatable bonds is 3. The van der Waals surface area contributed by atoms with Crippen LogP contribution in [0.3, 0.4) is 0 Å². The fraction of sp³-hybridized carbons (Fsp3) is 0.882. The molecule has 2 bridgehead atoms. The Kier molecular flexibility index (Phi) is 2.82. The zero-order chi connectivity index (χ0) is 14.8. The lowest BCUT2D eigenvalue weighted by molar-refractivity contribution is 0.0988. The van der Waals surface area contributed by atoms with E-state index >= 15 is 0 Å². The first-order valence-electron chi connectivity index (χ1n) is 8.60. The molecule has 1 aliphatic heterocycles. The molecule has 0 aromatic carbocycles. The molecule has 0 radical (unpaired) electrons. The summed E-state index contributed by atoms with van der Waals surface area (Å²) in [5, 5.41) is 12.8. The first-order valence-corrected chi connectivity index (χ1v) is 8.60. The van der Waals surface area contributed by atoms with Crippen molar-refractivity contribution in [2.24, 2.45) is 16.7 Å². The van der Waals surface area contributed by atoms with Crippen molar-refractivity contribution in [1.29, 1.82) is 0 Å². The van der Waals surface area contributed by atoms with Gasteiger partial charge in [0.15, 0.2) is 0 Å². The lowest BCUT2D eigenvalue weighted by atomic mass is 9.68. The van der Waals surface area contributed by atoms with E-state index in [-0.39, 0.29) is 0 Å². The summed E-state index contributed by atoms with van der Waals surface area (Å²) in [6.07, 6.45) is 6.50. The Morgan fingerprint density at radius 2 is 2.10 bits per heavy atom. The van der Waals surface area contributed by atoms with Crippen LogP contribution in [0.5, 0.6) is 0 Å². The molecule has 2 heterocycles. The molecule has 1 aromatic heterocycles. The Bertz CT molecular complexity index is 556.